The summed E-state index contributed by atoms with van der Waals surface area (Å²) >= 11 is 4.68. The number of rotatable bonds is 4. The van der Waals surface area contributed by atoms with Crippen LogP contribution in [0.5, 0.6) is 5.75 Å². The van der Waals surface area contributed by atoms with Crippen molar-refractivity contribution in [3.63, 3.8) is 0 Å². The number of carbonyl (C=O) groups is 1. The molecular weight excluding hydrogens is 288 g/mol. The predicted octanol–water partition coefficient (Wildman–Crippen LogP) is 3.75. The summed E-state index contributed by atoms with van der Waals surface area (Å²) in [7, 11) is 1.62. The van der Waals surface area contributed by atoms with Crippen LogP contribution in [0.3, 0.4) is 0 Å². The van der Waals surface area contributed by atoms with Gasteiger partial charge in [-0.15, -0.1) is 0 Å². The van der Waals surface area contributed by atoms with E-state index in [0.717, 1.165) is 21.5 Å². The van der Waals surface area contributed by atoms with Gasteiger partial charge in [-0.2, -0.15) is 0 Å². The zero-order valence-electron chi connectivity index (χ0n) is 9.20. The van der Waals surface area contributed by atoms with E-state index in [2.05, 4.69) is 15.9 Å². The number of methoxy groups -OCH3 is 1. The van der Waals surface area contributed by atoms with Gasteiger partial charge in [-0.25, -0.2) is 0 Å². The number of benzene rings is 1. The summed E-state index contributed by atoms with van der Waals surface area (Å²) in [5, 5.41) is 0.0708. The molecule has 0 aliphatic heterocycles. The molecule has 16 heavy (non-hydrogen) atoms. The van der Waals surface area contributed by atoms with Crippen molar-refractivity contribution >= 4 is 38.9 Å². The summed E-state index contributed by atoms with van der Waals surface area (Å²) < 4.78 is 6.07. The van der Waals surface area contributed by atoms with Crippen molar-refractivity contribution in [1.29, 1.82) is 0 Å². The second-order valence-corrected chi connectivity index (χ2v) is 5.19. The normalized spacial score (nSPS) is 10.7. The van der Waals surface area contributed by atoms with Gasteiger partial charge >= 0.3 is 0 Å². The number of hydrogen-bond acceptors (Lipinski definition) is 3. The lowest BCUT2D eigenvalue weighted by Gasteiger charge is -2.02. The maximum absolute atomic E-state index is 11.3. The van der Waals surface area contributed by atoms with Gasteiger partial charge < -0.3 is 4.74 Å². The van der Waals surface area contributed by atoms with Crippen molar-refractivity contribution < 1.29 is 9.53 Å². The summed E-state index contributed by atoms with van der Waals surface area (Å²) in [5.41, 5.74) is 0.941. The van der Waals surface area contributed by atoms with Crippen LogP contribution in [0.25, 0.3) is 6.08 Å². The van der Waals surface area contributed by atoms with Crippen molar-refractivity contribution in [2.45, 2.75) is 6.92 Å². The lowest BCUT2D eigenvalue weighted by atomic mass is 10.2. The highest BCUT2D eigenvalue weighted by atomic mass is 79.9. The second kappa shape index (κ2) is 6.76. The molecule has 0 heterocycles. The first-order chi connectivity index (χ1) is 7.65. The van der Waals surface area contributed by atoms with Gasteiger partial charge in [-0.05, 0) is 35.6 Å². The van der Waals surface area contributed by atoms with Gasteiger partial charge in [-0.1, -0.05) is 40.7 Å². The van der Waals surface area contributed by atoms with Crippen LogP contribution in [0.15, 0.2) is 28.7 Å². The molecule has 86 valence electrons. The monoisotopic (exact) mass is 300 g/mol. The highest BCUT2D eigenvalue weighted by Crippen LogP contribution is 2.22. The lowest BCUT2D eigenvalue weighted by molar-refractivity contribution is -0.106. The van der Waals surface area contributed by atoms with Crippen LogP contribution in [0.4, 0.5) is 0 Å². The molecule has 4 heteroatoms. The molecule has 0 aliphatic rings. The maximum atomic E-state index is 11.3. The van der Waals surface area contributed by atoms with Crippen molar-refractivity contribution in [1.82, 2.24) is 0 Å². The van der Waals surface area contributed by atoms with Gasteiger partial charge in [0.05, 0.1) is 7.11 Å². The van der Waals surface area contributed by atoms with E-state index in [1.54, 1.807) is 19.3 Å². The lowest BCUT2D eigenvalue weighted by Crippen LogP contribution is -1.86. The predicted molar refractivity (Wildman–Crippen MR) is 72.9 cm³/mol. The van der Waals surface area contributed by atoms with Crippen molar-refractivity contribution in [3.8, 4) is 5.75 Å². The van der Waals surface area contributed by atoms with Crippen LogP contribution in [-0.4, -0.2) is 18.0 Å². The van der Waals surface area contributed by atoms with Crippen LogP contribution < -0.4 is 4.74 Å². The Balaban J connectivity index is 2.80. The van der Waals surface area contributed by atoms with E-state index in [1.807, 2.05) is 25.1 Å². The minimum absolute atomic E-state index is 0.0708. The summed E-state index contributed by atoms with van der Waals surface area (Å²) in [4.78, 5) is 11.3. The van der Waals surface area contributed by atoms with Crippen LogP contribution in [0.2, 0.25) is 0 Å². The zero-order valence-corrected chi connectivity index (χ0v) is 11.6. The summed E-state index contributed by atoms with van der Waals surface area (Å²) in [6.45, 7) is 1.96. The van der Waals surface area contributed by atoms with Gasteiger partial charge in [0.15, 0.2) is 0 Å². The Kier molecular flexibility index (Phi) is 5.63. The average molecular weight is 301 g/mol. The molecule has 0 unspecified atom stereocenters. The topological polar surface area (TPSA) is 26.3 Å². The molecule has 0 atom stereocenters. The fourth-order valence-electron chi connectivity index (χ4n) is 1.15. The van der Waals surface area contributed by atoms with Gasteiger partial charge in [-0.3, -0.25) is 4.79 Å². The molecule has 2 nitrogen and oxygen atoms in total. The molecule has 0 bridgehead atoms. The van der Waals surface area contributed by atoms with Gasteiger partial charge in [0.25, 0.3) is 0 Å². The van der Waals surface area contributed by atoms with E-state index in [9.17, 15) is 4.79 Å². The van der Waals surface area contributed by atoms with Gasteiger partial charge in [0.1, 0.15) is 5.75 Å². The first kappa shape index (κ1) is 13.3. The Morgan fingerprint density at radius 2 is 2.25 bits per heavy atom. The van der Waals surface area contributed by atoms with E-state index in [0.29, 0.717) is 0 Å². The van der Waals surface area contributed by atoms with E-state index in [-0.39, 0.29) is 5.12 Å². The second-order valence-electron chi connectivity index (χ2n) is 3.01. The number of halogens is 1. The minimum Gasteiger partial charge on any atom is -0.497 e. The van der Waals surface area contributed by atoms with Crippen LogP contribution in [0, 0.1) is 0 Å². The molecule has 0 radical (unpaired) electrons. The van der Waals surface area contributed by atoms with Gasteiger partial charge in [0, 0.05) is 4.47 Å². The Labute approximate surface area is 108 Å². The Hall–Kier alpha value is -0.740. The van der Waals surface area contributed by atoms with Crippen LogP contribution in [0.1, 0.15) is 12.5 Å². The molecule has 0 N–H and O–H groups in total. The zero-order chi connectivity index (χ0) is 12.0. The molecule has 1 aromatic rings. The maximum Gasteiger partial charge on any atom is 0.212 e. The summed E-state index contributed by atoms with van der Waals surface area (Å²) in [6, 6.07) is 5.69. The summed E-state index contributed by atoms with van der Waals surface area (Å²) in [6.07, 6.45) is 3.37. The Morgan fingerprint density at radius 3 is 2.88 bits per heavy atom. The molecule has 0 aromatic heterocycles. The fourth-order valence-corrected chi connectivity index (χ4v) is 2.09. The van der Waals surface area contributed by atoms with Gasteiger partial charge in [0.2, 0.25) is 5.12 Å². The third kappa shape index (κ3) is 4.41. The molecule has 0 saturated heterocycles. The van der Waals surface area contributed by atoms with E-state index in [1.165, 1.54) is 11.8 Å². The van der Waals surface area contributed by atoms with Crippen molar-refractivity contribution in [2.24, 2.45) is 0 Å². The molecule has 0 spiro atoms. The number of thioether (sulfide) groups is 1. The van der Waals surface area contributed by atoms with Crippen molar-refractivity contribution in [3.05, 3.63) is 34.3 Å². The van der Waals surface area contributed by atoms with E-state index in [4.69, 9.17) is 4.74 Å². The molecule has 0 aliphatic carbocycles. The van der Waals surface area contributed by atoms with Crippen LogP contribution >= 0.6 is 27.7 Å². The first-order valence-corrected chi connectivity index (χ1v) is 6.63. The highest BCUT2D eigenvalue weighted by molar-refractivity contribution is 9.10. The standard InChI is InChI=1S/C12H13BrO2S/c1-3-16-12(14)5-4-9-6-10(13)8-11(7-9)15-2/h4-8H,3H2,1-2H3/b5-4+. The van der Waals surface area contributed by atoms with Crippen LogP contribution in [-0.2, 0) is 4.79 Å². The third-order valence-corrected chi connectivity index (χ3v) is 2.99. The quantitative estimate of drug-likeness (QED) is 0.792. The van der Waals surface area contributed by atoms with E-state index < -0.39 is 0 Å². The molecule has 1 rings (SSSR count). The first-order valence-electron chi connectivity index (χ1n) is 4.85. The number of ether oxygens (including phenoxy) is 1. The van der Waals surface area contributed by atoms with E-state index >= 15 is 0 Å². The summed E-state index contributed by atoms with van der Waals surface area (Å²) in [5.74, 6) is 1.56. The molecule has 0 amide bonds. The van der Waals surface area contributed by atoms with Crippen molar-refractivity contribution in [2.75, 3.05) is 12.9 Å². The average Bonchev–Trinajstić information content (AvgIpc) is 2.26. The Bertz CT molecular complexity index is 402. The third-order valence-electron chi connectivity index (χ3n) is 1.83. The number of carbonyl (C=O) groups excluding carboxylic acids is 1. The number of hydrogen-bond donors (Lipinski definition) is 0. The molecule has 0 fully saturated rings. The minimum atomic E-state index is 0.0708. The fraction of sp³-hybridized carbons (Fsp3) is 0.250. The smallest absolute Gasteiger partial charge is 0.212 e. The SMILES string of the molecule is CCSC(=O)/C=C/c1cc(Br)cc(OC)c1. The molecule has 0 saturated carbocycles. The molecule has 1 aromatic carbocycles. The Morgan fingerprint density at radius 1 is 1.50 bits per heavy atom. The molecular formula is C12H13BrO2S. The largest absolute Gasteiger partial charge is 0.497 e. The highest BCUT2D eigenvalue weighted by Gasteiger charge is 1.98.